The second-order valence-electron chi connectivity index (χ2n) is 4.42. The number of rotatable bonds is 4. The average Bonchev–Trinajstić information content (AvgIpc) is 2.83. The van der Waals surface area contributed by atoms with E-state index >= 15 is 0 Å². The molecule has 2 rings (SSSR count). The summed E-state index contributed by atoms with van der Waals surface area (Å²) in [5, 5.41) is 17.4. The van der Waals surface area contributed by atoms with Crippen LogP contribution in [0.4, 0.5) is 10.1 Å². The lowest BCUT2D eigenvalue weighted by atomic mass is 10.1. The fraction of sp³-hybridized carbons (Fsp3) is 0.250. The van der Waals surface area contributed by atoms with Crippen LogP contribution in [0.2, 0.25) is 0 Å². The van der Waals surface area contributed by atoms with Crippen LogP contribution in [-0.4, -0.2) is 38.0 Å². The Morgan fingerprint density at radius 1 is 1.52 bits per heavy atom. The normalized spacial score (nSPS) is 10.4. The predicted molar refractivity (Wildman–Crippen MR) is 70.0 cm³/mol. The lowest BCUT2D eigenvalue weighted by molar-refractivity contribution is -0.385. The van der Waals surface area contributed by atoms with Crippen LogP contribution in [0.5, 0.6) is 0 Å². The molecule has 0 aliphatic carbocycles. The van der Waals surface area contributed by atoms with E-state index in [0.29, 0.717) is 11.6 Å². The van der Waals surface area contributed by atoms with Crippen LogP contribution in [0.1, 0.15) is 22.0 Å². The molecule has 1 heterocycles. The highest BCUT2D eigenvalue weighted by Crippen LogP contribution is 2.21. The summed E-state index contributed by atoms with van der Waals surface area (Å²) in [6.07, 6.45) is 0. The summed E-state index contributed by atoms with van der Waals surface area (Å²) in [4.78, 5) is 27.6. The second-order valence-corrected chi connectivity index (χ2v) is 4.42. The predicted octanol–water partition coefficient (Wildman–Crippen LogP) is 1.43. The highest BCUT2D eigenvalue weighted by molar-refractivity contribution is 5.97. The van der Waals surface area contributed by atoms with E-state index in [2.05, 4.69) is 15.2 Å². The first-order valence-corrected chi connectivity index (χ1v) is 5.95. The van der Waals surface area contributed by atoms with E-state index in [0.717, 1.165) is 18.2 Å². The number of benzene rings is 1. The molecule has 1 amide bonds. The third-order valence-corrected chi connectivity index (χ3v) is 2.76. The summed E-state index contributed by atoms with van der Waals surface area (Å²) in [7, 11) is 1.46. The van der Waals surface area contributed by atoms with Crippen molar-refractivity contribution in [1.82, 2.24) is 20.1 Å². The Labute approximate surface area is 118 Å². The van der Waals surface area contributed by atoms with Gasteiger partial charge in [-0.2, -0.15) is 5.10 Å². The standard InChI is InChI=1S/C12H12FN5O3/c1-7-14-11(16-15-7)6-17(2)12(19)9-4-3-8(13)5-10(9)18(20)21/h3-5H,6H2,1-2H3,(H,14,15,16). The van der Waals surface area contributed by atoms with Gasteiger partial charge in [-0.25, -0.2) is 9.37 Å². The summed E-state index contributed by atoms with van der Waals surface area (Å²) >= 11 is 0. The number of nitrogens with one attached hydrogen (secondary N) is 1. The smallest absolute Gasteiger partial charge is 0.285 e. The SMILES string of the molecule is Cc1nc(CN(C)C(=O)c2ccc(F)cc2[N+](=O)[O-])n[nH]1. The van der Waals surface area contributed by atoms with Crippen molar-refractivity contribution in [3.8, 4) is 0 Å². The molecule has 0 aliphatic heterocycles. The van der Waals surface area contributed by atoms with Crippen LogP contribution in [0, 0.1) is 22.9 Å². The zero-order valence-corrected chi connectivity index (χ0v) is 11.3. The molecule has 0 saturated carbocycles. The number of carbonyl (C=O) groups excluding carboxylic acids is 1. The van der Waals surface area contributed by atoms with Crippen LogP contribution >= 0.6 is 0 Å². The van der Waals surface area contributed by atoms with E-state index in [1.54, 1.807) is 6.92 Å². The maximum absolute atomic E-state index is 13.1. The van der Waals surface area contributed by atoms with E-state index in [1.807, 2.05) is 0 Å². The molecule has 9 heteroatoms. The van der Waals surface area contributed by atoms with Crippen molar-refractivity contribution >= 4 is 11.6 Å². The molecular formula is C12H12FN5O3. The first-order chi connectivity index (χ1) is 9.88. The number of H-pyrrole nitrogens is 1. The average molecular weight is 293 g/mol. The maximum Gasteiger partial charge on any atom is 0.285 e. The van der Waals surface area contributed by atoms with Crippen molar-refractivity contribution in [1.29, 1.82) is 0 Å². The van der Waals surface area contributed by atoms with Gasteiger partial charge in [0.2, 0.25) is 0 Å². The third-order valence-electron chi connectivity index (χ3n) is 2.76. The molecule has 2 aromatic rings. The molecule has 0 unspecified atom stereocenters. The Hall–Kier alpha value is -2.84. The molecule has 110 valence electrons. The molecule has 0 radical (unpaired) electrons. The van der Waals surface area contributed by atoms with Gasteiger partial charge in [-0.3, -0.25) is 20.0 Å². The fourth-order valence-electron chi connectivity index (χ4n) is 1.79. The maximum atomic E-state index is 13.1. The minimum atomic E-state index is -0.791. The molecule has 0 saturated heterocycles. The quantitative estimate of drug-likeness (QED) is 0.678. The second kappa shape index (κ2) is 5.65. The van der Waals surface area contributed by atoms with E-state index in [9.17, 15) is 19.3 Å². The van der Waals surface area contributed by atoms with Gasteiger partial charge < -0.3 is 4.90 Å². The number of carbonyl (C=O) groups is 1. The Bertz CT molecular complexity index is 700. The molecule has 1 N–H and O–H groups in total. The minimum Gasteiger partial charge on any atom is -0.334 e. The Balaban J connectivity index is 2.25. The Kier molecular flexibility index (Phi) is 3.92. The number of hydrogen-bond donors (Lipinski definition) is 1. The summed E-state index contributed by atoms with van der Waals surface area (Å²) in [5.41, 5.74) is -0.755. The van der Waals surface area contributed by atoms with Crippen LogP contribution in [-0.2, 0) is 6.54 Å². The number of nitro groups is 1. The van der Waals surface area contributed by atoms with Crippen LogP contribution < -0.4 is 0 Å². The van der Waals surface area contributed by atoms with Crippen molar-refractivity contribution in [2.75, 3.05) is 7.05 Å². The molecule has 0 fully saturated rings. The van der Waals surface area contributed by atoms with Crippen molar-refractivity contribution in [3.63, 3.8) is 0 Å². The minimum absolute atomic E-state index is 0.0811. The van der Waals surface area contributed by atoms with E-state index < -0.39 is 22.3 Å². The fourth-order valence-corrected chi connectivity index (χ4v) is 1.79. The number of aromatic amines is 1. The summed E-state index contributed by atoms with van der Waals surface area (Å²) in [6.45, 7) is 1.79. The lowest BCUT2D eigenvalue weighted by Crippen LogP contribution is -2.27. The zero-order chi connectivity index (χ0) is 15.6. The summed E-state index contributed by atoms with van der Waals surface area (Å²) in [5.74, 6) is -0.402. The number of hydrogen-bond acceptors (Lipinski definition) is 5. The van der Waals surface area contributed by atoms with E-state index in [1.165, 1.54) is 11.9 Å². The van der Waals surface area contributed by atoms with E-state index in [-0.39, 0.29) is 12.1 Å². The van der Waals surface area contributed by atoms with Crippen LogP contribution in [0.15, 0.2) is 18.2 Å². The molecule has 0 bridgehead atoms. The molecule has 0 spiro atoms. The molecule has 8 nitrogen and oxygen atoms in total. The molecule has 21 heavy (non-hydrogen) atoms. The Morgan fingerprint density at radius 2 is 2.24 bits per heavy atom. The first-order valence-electron chi connectivity index (χ1n) is 5.95. The molecule has 1 aromatic carbocycles. The van der Waals surface area contributed by atoms with Crippen molar-refractivity contribution in [3.05, 3.63) is 51.3 Å². The van der Waals surface area contributed by atoms with Gasteiger partial charge >= 0.3 is 0 Å². The summed E-state index contributed by atoms with van der Waals surface area (Å²) < 4.78 is 13.1. The molecule has 0 aliphatic rings. The van der Waals surface area contributed by atoms with Gasteiger partial charge in [0.05, 0.1) is 17.5 Å². The topological polar surface area (TPSA) is 105 Å². The lowest BCUT2D eigenvalue weighted by Gasteiger charge is -2.15. The van der Waals surface area contributed by atoms with Gasteiger partial charge in [0.1, 0.15) is 17.2 Å². The van der Waals surface area contributed by atoms with Gasteiger partial charge in [0.25, 0.3) is 11.6 Å². The zero-order valence-electron chi connectivity index (χ0n) is 11.3. The van der Waals surface area contributed by atoms with Crippen molar-refractivity contribution in [2.24, 2.45) is 0 Å². The number of nitro benzene ring substituents is 1. The number of halogens is 1. The number of aryl methyl sites for hydroxylation is 1. The van der Waals surface area contributed by atoms with E-state index in [4.69, 9.17) is 0 Å². The number of aromatic nitrogens is 3. The highest BCUT2D eigenvalue weighted by atomic mass is 19.1. The van der Waals surface area contributed by atoms with Crippen LogP contribution in [0.3, 0.4) is 0 Å². The molecular weight excluding hydrogens is 281 g/mol. The third kappa shape index (κ3) is 3.19. The molecule has 0 atom stereocenters. The van der Waals surface area contributed by atoms with Crippen LogP contribution in [0.25, 0.3) is 0 Å². The first kappa shape index (κ1) is 14.6. The monoisotopic (exact) mass is 293 g/mol. The van der Waals surface area contributed by atoms with Gasteiger partial charge in [0.15, 0.2) is 5.82 Å². The number of amides is 1. The summed E-state index contributed by atoms with van der Waals surface area (Å²) in [6, 6.07) is 2.82. The van der Waals surface area contributed by atoms with Crippen molar-refractivity contribution < 1.29 is 14.1 Å². The Morgan fingerprint density at radius 3 is 2.81 bits per heavy atom. The highest BCUT2D eigenvalue weighted by Gasteiger charge is 2.24. The van der Waals surface area contributed by atoms with Gasteiger partial charge in [-0.15, -0.1) is 0 Å². The number of nitrogens with zero attached hydrogens (tertiary/aromatic N) is 4. The van der Waals surface area contributed by atoms with Gasteiger partial charge in [0, 0.05) is 7.05 Å². The van der Waals surface area contributed by atoms with Gasteiger partial charge in [-0.05, 0) is 19.1 Å². The largest absolute Gasteiger partial charge is 0.334 e. The van der Waals surface area contributed by atoms with Crippen molar-refractivity contribution in [2.45, 2.75) is 13.5 Å². The van der Waals surface area contributed by atoms with Gasteiger partial charge in [-0.1, -0.05) is 0 Å². The molecule has 1 aromatic heterocycles.